The molecule has 1 spiro atoms. The van der Waals surface area contributed by atoms with Gasteiger partial charge in [-0.3, -0.25) is 4.79 Å². The molecule has 9 heteroatoms. The van der Waals surface area contributed by atoms with Crippen LogP contribution < -0.4 is 14.9 Å². The van der Waals surface area contributed by atoms with Gasteiger partial charge < -0.3 is 10.2 Å². The first-order chi connectivity index (χ1) is 17.1. The van der Waals surface area contributed by atoms with E-state index in [1.807, 2.05) is 6.07 Å². The number of nitrogens with one attached hydrogen (secondary N) is 2. The molecule has 4 heterocycles. The average Bonchev–Trinajstić information content (AvgIpc) is 3.36. The lowest BCUT2D eigenvalue weighted by molar-refractivity contribution is 0.0981. The van der Waals surface area contributed by atoms with Crippen LogP contribution in [0, 0.1) is 17.3 Å². The normalized spacial score (nSPS) is 28.3. The van der Waals surface area contributed by atoms with Gasteiger partial charge in [-0.15, -0.1) is 0 Å². The van der Waals surface area contributed by atoms with Crippen molar-refractivity contribution < 1.29 is 13.2 Å². The molecule has 2 fully saturated rings. The van der Waals surface area contributed by atoms with Crippen molar-refractivity contribution in [2.24, 2.45) is 17.3 Å². The van der Waals surface area contributed by atoms with E-state index in [1.165, 1.54) is 6.07 Å². The Labute approximate surface area is 220 Å². The minimum Gasteiger partial charge on any atom is -0.367 e. The van der Waals surface area contributed by atoms with Gasteiger partial charge in [0.1, 0.15) is 11.6 Å². The Morgan fingerprint density at radius 2 is 1.84 bits per heavy atom. The molecule has 5 rings (SSSR count). The zero-order valence-corrected chi connectivity index (χ0v) is 23.7. The molecule has 0 aromatic carbocycles. The first-order valence-corrected chi connectivity index (χ1v) is 14.7. The summed E-state index contributed by atoms with van der Waals surface area (Å²) in [7, 11) is -4.19. The summed E-state index contributed by atoms with van der Waals surface area (Å²) in [5, 5.41) is 3.31. The Bertz CT molecular complexity index is 1350. The second-order valence-electron chi connectivity index (χ2n) is 13.2. The molecule has 37 heavy (non-hydrogen) atoms. The molecular weight excluding hydrogens is 486 g/mol. The van der Waals surface area contributed by atoms with Crippen LogP contribution in [0.4, 0.5) is 11.6 Å². The average molecular weight is 526 g/mol. The lowest BCUT2D eigenvalue weighted by Crippen LogP contribution is -2.41. The number of sulfonamides is 1. The van der Waals surface area contributed by atoms with E-state index in [0.29, 0.717) is 23.5 Å². The van der Waals surface area contributed by atoms with E-state index in [1.54, 1.807) is 18.2 Å². The van der Waals surface area contributed by atoms with Crippen LogP contribution in [0.2, 0.25) is 0 Å². The van der Waals surface area contributed by atoms with Gasteiger partial charge >= 0.3 is 0 Å². The zero-order chi connectivity index (χ0) is 27.0. The van der Waals surface area contributed by atoms with Crippen molar-refractivity contribution in [2.45, 2.75) is 89.8 Å². The maximum absolute atomic E-state index is 13.5. The predicted molar refractivity (Wildman–Crippen MR) is 145 cm³/mol. The quantitative estimate of drug-likeness (QED) is 0.555. The highest BCUT2D eigenvalue weighted by molar-refractivity contribution is 7.90. The van der Waals surface area contributed by atoms with Crippen molar-refractivity contribution in [3.8, 4) is 0 Å². The van der Waals surface area contributed by atoms with Crippen LogP contribution in [0.1, 0.15) is 83.8 Å². The zero-order valence-electron chi connectivity index (χ0n) is 22.9. The highest BCUT2D eigenvalue weighted by Gasteiger charge is 2.63. The monoisotopic (exact) mass is 525 g/mol. The first kappa shape index (κ1) is 25.9. The van der Waals surface area contributed by atoms with Crippen LogP contribution in [0.3, 0.4) is 0 Å². The van der Waals surface area contributed by atoms with E-state index in [-0.39, 0.29) is 33.0 Å². The molecule has 1 amide bonds. The number of hydrogen-bond acceptors (Lipinski definition) is 7. The molecule has 1 saturated heterocycles. The molecule has 4 bridgehead atoms. The Morgan fingerprint density at radius 3 is 2.51 bits per heavy atom. The number of hydrogen-bond donors (Lipinski definition) is 2. The third kappa shape index (κ3) is 4.71. The minimum atomic E-state index is -4.19. The van der Waals surface area contributed by atoms with Gasteiger partial charge in [0.25, 0.3) is 15.9 Å². The maximum atomic E-state index is 13.5. The summed E-state index contributed by atoms with van der Waals surface area (Å²) in [6, 6.07) is 8.56. The molecule has 200 valence electrons. The number of aromatic nitrogens is 2. The van der Waals surface area contributed by atoms with Crippen molar-refractivity contribution in [3.63, 3.8) is 0 Å². The number of amides is 1. The number of rotatable bonds is 1. The number of nitrogens with zero attached hydrogens (tertiary/aromatic N) is 3. The summed E-state index contributed by atoms with van der Waals surface area (Å²) in [5.41, 5.74) is 0.840. The third-order valence-corrected chi connectivity index (χ3v) is 9.63. The largest absolute Gasteiger partial charge is 0.367 e. The van der Waals surface area contributed by atoms with Crippen molar-refractivity contribution in [3.05, 3.63) is 41.6 Å². The molecule has 0 radical (unpaired) electrons. The fraction of sp³-hybridized carbons (Fsp3) is 0.607. The smallest absolute Gasteiger partial charge is 0.281 e. The van der Waals surface area contributed by atoms with Crippen LogP contribution in [0.25, 0.3) is 0 Å². The van der Waals surface area contributed by atoms with Gasteiger partial charge in [-0.25, -0.2) is 14.7 Å². The Hall–Kier alpha value is -2.68. The summed E-state index contributed by atoms with van der Waals surface area (Å²) in [6.07, 6.45) is 3.13. The van der Waals surface area contributed by atoms with E-state index < -0.39 is 15.9 Å². The van der Waals surface area contributed by atoms with E-state index in [2.05, 4.69) is 68.4 Å². The van der Waals surface area contributed by atoms with Gasteiger partial charge in [-0.1, -0.05) is 40.7 Å². The molecule has 1 aliphatic carbocycles. The summed E-state index contributed by atoms with van der Waals surface area (Å²) in [4.78, 5) is 25.2. The number of carbonyl (C=O) groups excluding carboxylic acids is 1. The SMILES string of the molecule is CC(C)C1CC2CC23CN(c2nc(C(C)(C)C)ccc2C(=O)NS(=O)(=O)c2cccc(n2)N1)C(C)(C)C3. The molecule has 3 atom stereocenters. The second kappa shape index (κ2) is 8.41. The standard InChI is InChI=1S/C28H39N5O3S/c1-17(2)20-13-18-14-28(18)15-27(6,7)33(16-28)24-19(11-12-21(30-24)26(3,4)5)25(34)32-37(35,36)23-10-8-9-22(29-20)31-23/h8-12,17-18,20H,13-16H2,1-7H3,(H,29,31)(H,32,34). The summed E-state index contributed by atoms with van der Waals surface area (Å²) in [6.45, 7) is 15.8. The molecule has 3 aliphatic rings. The van der Waals surface area contributed by atoms with E-state index in [4.69, 9.17) is 4.98 Å². The number of carbonyl (C=O) groups is 1. The number of fused-ring (bicyclic) bond motifs is 5. The fourth-order valence-electron chi connectivity index (χ4n) is 6.20. The number of anilines is 2. The summed E-state index contributed by atoms with van der Waals surface area (Å²) >= 11 is 0. The highest BCUT2D eigenvalue weighted by atomic mass is 32.2. The van der Waals surface area contributed by atoms with Crippen molar-refractivity contribution >= 4 is 27.6 Å². The lowest BCUT2D eigenvalue weighted by Gasteiger charge is -2.34. The minimum absolute atomic E-state index is 0.157. The molecule has 2 aromatic rings. The van der Waals surface area contributed by atoms with Crippen LogP contribution in [0.5, 0.6) is 0 Å². The molecule has 2 aliphatic heterocycles. The van der Waals surface area contributed by atoms with Crippen LogP contribution in [0.15, 0.2) is 35.4 Å². The van der Waals surface area contributed by atoms with E-state index in [0.717, 1.165) is 31.5 Å². The predicted octanol–water partition coefficient (Wildman–Crippen LogP) is 4.73. The van der Waals surface area contributed by atoms with Crippen molar-refractivity contribution in [2.75, 3.05) is 16.8 Å². The Balaban J connectivity index is 1.66. The van der Waals surface area contributed by atoms with E-state index in [9.17, 15) is 13.2 Å². The molecule has 2 N–H and O–H groups in total. The molecular formula is C28H39N5O3S. The maximum Gasteiger partial charge on any atom is 0.281 e. The second-order valence-corrected chi connectivity index (χ2v) is 14.8. The van der Waals surface area contributed by atoms with Crippen LogP contribution >= 0.6 is 0 Å². The van der Waals surface area contributed by atoms with Crippen LogP contribution in [-0.2, 0) is 15.4 Å². The summed E-state index contributed by atoms with van der Waals surface area (Å²) in [5.74, 6) is 1.25. The van der Waals surface area contributed by atoms with Gasteiger partial charge in [0.2, 0.25) is 0 Å². The van der Waals surface area contributed by atoms with E-state index >= 15 is 0 Å². The fourth-order valence-corrected chi connectivity index (χ4v) is 7.13. The van der Waals surface area contributed by atoms with Crippen LogP contribution in [-0.4, -0.2) is 42.4 Å². The van der Waals surface area contributed by atoms with Gasteiger partial charge in [-0.2, -0.15) is 8.42 Å². The topological polar surface area (TPSA) is 104 Å². The van der Waals surface area contributed by atoms with Gasteiger partial charge in [-0.05, 0) is 74.6 Å². The van der Waals surface area contributed by atoms with Crippen molar-refractivity contribution in [1.82, 2.24) is 14.7 Å². The molecule has 1 saturated carbocycles. The molecule has 8 nitrogen and oxygen atoms in total. The Kier molecular flexibility index (Phi) is 5.90. The lowest BCUT2D eigenvalue weighted by atomic mass is 9.89. The summed E-state index contributed by atoms with van der Waals surface area (Å²) < 4.78 is 28.8. The first-order valence-electron chi connectivity index (χ1n) is 13.2. The van der Waals surface area contributed by atoms with Gasteiger partial charge in [0.05, 0.1) is 5.56 Å². The number of pyridine rings is 2. The third-order valence-electron chi connectivity index (χ3n) is 8.39. The van der Waals surface area contributed by atoms with Gasteiger partial charge in [0.15, 0.2) is 5.03 Å². The molecule has 2 aromatic heterocycles. The van der Waals surface area contributed by atoms with Crippen molar-refractivity contribution in [1.29, 1.82) is 0 Å². The Morgan fingerprint density at radius 1 is 1.11 bits per heavy atom. The highest BCUT2D eigenvalue weighted by Crippen LogP contribution is 2.65. The molecule has 3 unspecified atom stereocenters. The van der Waals surface area contributed by atoms with Gasteiger partial charge in [0, 0.05) is 29.2 Å².